The van der Waals surface area contributed by atoms with Gasteiger partial charge in [-0.05, 0) is 31.2 Å². The molecule has 1 rings (SSSR count). The van der Waals surface area contributed by atoms with Gasteiger partial charge in [-0.15, -0.1) is 5.75 Å². The molecule has 2 nitrogen and oxygen atoms in total. The molecule has 0 aliphatic carbocycles. The molecule has 0 N–H and O–H groups in total. The Morgan fingerprint density at radius 2 is 0.674 bits per heavy atom. The van der Waals surface area contributed by atoms with Gasteiger partial charge in [0.25, 0.3) is 0 Å². The van der Waals surface area contributed by atoms with Crippen molar-refractivity contribution >= 4 is 0 Å². The Kier molecular flexibility index (Phi) is 31.6. The highest BCUT2D eigenvalue weighted by molar-refractivity contribution is 5.24. The van der Waals surface area contributed by atoms with E-state index in [1.165, 1.54) is 192 Å². The third kappa shape index (κ3) is 35.3. The van der Waals surface area contributed by atoms with Crippen molar-refractivity contribution in [1.82, 2.24) is 0 Å². The molecule has 0 amide bonds. The van der Waals surface area contributed by atoms with Crippen LogP contribution in [0.4, 0.5) is 0 Å². The maximum atomic E-state index is 11.0. The van der Waals surface area contributed by atoms with Crippen LogP contribution in [0.15, 0.2) is 24.3 Å². The summed E-state index contributed by atoms with van der Waals surface area (Å²) in [5.41, 5.74) is 1.31. The average Bonchev–Trinajstić information content (AvgIpc) is 2.98. The van der Waals surface area contributed by atoms with Crippen LogP contribution in [-0.2, 0) is 6.42 Å². The van der Waals surface area contributed by atoms with Crippen molar-refractivity contribution in [2.24, 2.45) is 0 Å². The average molecular weight is 602 g/mol. The van der Waals surface area contributed by atoms with E-state index in [0.717, 1.165) is 10.9 Å². The summed E-state index contributed by atoms with van der Waals surface area (Å²) in [5.74, 6) is 0.120. The van der Waals surface area contributed by atoms with E-state index in [1.54, 1.807) is 12.1 Å². The number of nitrogens with zero attached hydrogens (tertiary/aromatic N) is 1. The first-order valence-electron chi connectivity index (χ1n) is 19.5. The van der Waals surface area contributed by atoms with E-state index in [2.05, 4.69) is 35.0 Å². The van der Waals surface area contributed by atoms with Gasteiger partial charge in [-0.2, -0.15) is 0 Å². The number of unbranched alkanes of at least 4 members (excludes halogenated alkanes) is 26. The molecule has 43 heavy (non-hydrogen) atoms. The fourth-order valence-corrected chi connectivity index (χ4v) is 5.96. The van der Waals surface area contributed by atoms with Crippen molar-refractivity contribution in [3.8, 4) is 5.75 Å². The molecule has 254 valence electrons. The van der Waals surface area contributed by atoms with Gasteiger partial charge in [0.2, 0.25) is 0 Å². The lowest BCUT2D eigenvalue weighted by Crippen LogP contribution is -2.35. The number of aryl methyl sites for hydroxylation is 1. The van der Waals surface area contributed by atoms with E-state index in [1.807, 2.05) is 12.1 Å². The Morgan fingerprint density at radius 1 is 0.395 bits per heavy atom. The molecule has 0 aliphatic rings. The zero-order valence-electron chi connectivity index (χ0n) is 30.4. The molecule has 0 spiro atoms. The molecular weight excluding hydrogens is 522 g/mol. The van der Waals surface area contributed by atoms with Crippen LogP contribution in [0.25, 0.3) is 0 Å². The summed E-state index contributed by atoms with van der Waals surface area (Å²) in [4.78, 5) is 0. The summed E-state index contributed by atoms with van der Waals surface area (Å²) in [6.07, 6.45) is 41.2. The maximum absolute atomic E-state index is 11.0. The van der Waals surface area contributed by atoms with Crippen LogP contribution in [0.1, 0.15) is 199 Å². The van der Waals surface area contributed by atoms with E-state index in [-0.39, 0.29) is 5.75 Å². The zero-order valence-corrected chi connectivity index (χ0v) is 30.4. The Bertz CT molecular complexity index is 647. The molecule has 1 aromatic carbocycles. The van der Waals surface area contributed by atoms with Gasteiger partial charge < -0.3 is 9.59 Å². The normalized spacial score (nSPS) is 11.5. The van der Waals surface area contributed by atoms with Gasteiger partial charge in [0.15, 0.2) is 0 Å². The van der Waals surface area contributed by atoms with Gasteiger partial charge in [0.05, 0.1) is 27.7 Å². The van der Waals surface area contributed by atoms with Crippen LogP contribution in [0, 0.1) is 0 Å². The minimum atomic E-state index is 0.120. The zero-order chi connectivity index (χ0) is 31.7. The maximum Gasteiger partial charge on any atom is 0.0780 e. The van der Waals surface area contributed by atoms with Gasteiger partial charge >= 0.3 is 0 Å². The predicted molar refractivity (Wildman–Crippen MR) is 193 cm³/mol. The van der Waals surface area contributed by atoms with Crippen molar-refractivity contribution < 1.29 is 9.59 Å². The van der Waals surface area contributed by atoms with Crippen LogP contribution in [0.5, 0.6) is 5.75 Å². The second-order valence-corrected chi connectivity index (χ2v) is 14.6. The summed E-state index contributed by atoms with van der Waals surface area (Å²) >= 11 is 0. The monoisotopic (exact) mass is 602 g/mol. The molecule has 1 aromatic rings. The van der Waals surface area contributed by atoms with Crippen molar-refractivity contribution in [1.29, 1.82) is 0 Å². The molecule has 0 fully saturated rings. The molecule has 2 heteroatoms. The third-order valence-corrected chi connectivity index (χ3v) is 8.92. The summed E-state index contributed by atoms with van der Waals surface area (Å²) < 4.78 is 1.12. The smallest absolute Gasteiger partial charge is 0.0780 e. The largest absolute Gasteiger partial charge is 0.872 e. The predicted octanol–water partition coefficient (Wildman–Crippen LogP) is 13.0. The molecule has 0 aromatic heterocycles. The van der Waals surface area contributed by atoms with Gasteiger partial charge in [0, 0.05) is 0 Å². The van der Waals surface area contributed by atoms with E-state index < -0.39 is 0 Å². The molecule has 0 radical (unpaired) electrons. The summed E-state index contributed by atoms with van der Waals surface area (Å²) in [6.45, 7) is 5.91. The van der Waals surface area contributed by atoms with E-state index in [0.29, 0.717) is 0 Å². The van der Waals surface area contributed by atoms with Crippen LogP contribution in [-0.4, -0.2) is 32.2 Å². The highest BCUT2D eigenvalue weighted by Gasteiger charge is 2.05. The fraction of sp³-hybridized carbons (Fsp3) is 0.854. The van der Waals surface area contributed by atoms with Crippen LogP contribution >= 0.6 is 0 Å². The number of hydrogen-bond donors (Lipinski definition) is 0. The van der Waals surface area contributed by atoms with E-state index in [4.69, 9.17) is 0 Å². The lowest BCUT2D eigenvalue weighted by molar-refractivity contribution is -0.870. The number of hydrogen-bond acceptors (Lipinski definition) is 1. The van der Waals surface area contributed by atoms with Gasteiger partial charge in [-0.3, -0.25) is 0 Å². The molecule has 0 heterocycles. The topological polar surface area (TPSA) is 23.1 Å². The van der Waals surface area contributed by atoms with Gasteiger partial charge in [-0.25, -0.2) is 0 Å². The quantitative estimate of drug-likeness (QED) is 0.0635. The van der Waals surface area contributed by atoms with E-state index in [9.17, 15) is 5.11 Å². The molecule has 0 unspecified atom stereocenters. The van der Waals surface area contributed by atoms with Crippen LogP contribution in [0.3, 0.4) is 0 Å². The SMILES string of the molecule is CCCCCCCCCCCCCCCC[N+](C)(C)C.CCCCCCCCCCCCCCCCc1ccc([O-])cc1. The Morgan fingerprint density at radius 3 is 0.977 bits per heavy atom. The highest BCUT2D eigenvalue weighted by Crippen LogP contribution is 2.15. The van der Waals surface area contributed by atoms with Crippen LogP contribution in [0.2, 0.25) is 0 Å². The molecule has 0 saturated heterocycles. The summed E-state index contributed by atoms with van der Waals surface area (Å²) in [7, 11) is 6.88. The van der Waals surface area contributed by atoms with E-state index >= 15 is 0 Å². The standard InChI is InChI=1S/C22H38O.C19H42N/c1-2-3-4-5-6-7-8-9-10-11-12-13-14-15-16-21-17-19-22(23)20-18-21;1-5-6-7-8-9-10-11-12-13-14-15-16-17-18-19-20(2,3)4/h17-20,23H,2-16H2,1H3;5-19H2,1-4H3/q;+1/p-1. The van der Waals surface area contributed by atoms with Crippen molar-refractivity contribution in [3.63, 3.8) is 0 Å². The molecule has 0 atom stereocenters. The van der Waals surface area contributed by atoms with Crippen molar-refractivity contribution in [2.45, 2.75) is 200 Å². The van der Waals surface area contributed by atoms with Gasteiger partial charge in [-0.1, -0.05) is 199 Å². The third-order valence-electron chi connectivity index (χ3n) is 8.92. The summed E-state index contributed by atoms with van der Waals surface area (Å²) in [6, 6.07) is 7.31. The first kappa shape index (κ1) is 42.0. The first-order valence-corrected chi connectivity index (χ1v) is 19.5. The number of rotatable bonds is 30. The molecule has 0 saturated carbocycles. The minimum Gasteiger partial charge on any atom is -0.872 e. The number of quaternary nitrogens is 1. The first-order chi connectivity index (χ1) is 20.9. The van der Waals surface area contributed by atoms with Crippen molar-refractivity contribution in [3.05, 3.63) is 29.8 Å². The minimum absolute atomic E-state index is 0.120. The Hall–Kier alpha value is -1.02. The molecule has 0 bridgehead atoms. The lowest BCUT2D eigenvalue weighted by atomic mass is 10.0. The van der Waals surface area contributed by atoms with Crippen LogP contribution < -0.4 is 5.11 Å². The number of benzene rings is 1. The summed E-state index contributed by atoms with van der Waals surface area (Å²) in [5, 5.41) is 11.0. The Labute approximate surface area is 272 Å². The molecular formula is C41H79NO. The van der Waals surface area contributed by atoms with Crippen molar-refractivity contribution in [2.75, 3.05) is 27.7 Å². The Balaban J connectivity index is 0.000000830. The molecule has 0 aliphatic heterocycles. The highest BCUT2D eigenvalue weighted by atomic mass is 16.3. The second-order valence-electron chi connectivity index (χ2n) is 14.6. The lowest BCUT2D eigenvalue weighted by Gasteiger charge is -2.23. The fourth-order valence-electron chi connectivity index (χ4n) is 5.96. The second kappa shape index (κ2) is 32.4. The van der Waals surface area contributed by atoms with Gasteiger partial charge in [0.1, 0.15) is 0 Å².